The van der Waals surface area contributed by atoms with Crippen molar-refractivity contribution in [3.8, 4) is 11.1 Å². The standard InChI is InChI=1S/C19H22N2O3/c1-2-24-13-18(22)21-17(19(20)23)12-14-8-10-16(11-9-14)15-6-4-3-5-7-15/h3-11,17H,2,12-13H2,1H3,(H2,20,23)(H,21,22)/t17-/m1/s1. The van der Waals surface area contributed by atoms with Crippen molar-refractivity contribution in [1.82, 2.24) is 5.32 Å². The topological polar surface area (TPSA) is 81.4 Å². The predicted octanol–water partition coefficient (Wildman–Crippen LogP) is 1.90. The molecule has 2 aromatic carbocycles. The molecule has 0 aliphatic carbocycles. The molecule has 0 fully saturated rings. The van der Waals surface area contributed by atoms with Gasteiger partial charge in [-0.1, -0.05) is 54.6 Å². The predicted molar refractivity (Wildman–Crippen MR) is 93.2 cm³/mol. The van der Waals surface area contributed by atoms with Crippen molar-refractivity contribution in [2.24, 2.45) is 5.73 Å². The number of benzene rings is 2. The van der Waals surface area contributed by atoms with Crippen molar-refractivity contribution in [2.45, 2.75) is 19.4 Å². The number of ether oxygens (including phenoxy) is 1. The average molecular weight is 326 g/mol. The van der Waals surface area contributed by atoms with Crippen LogP contribution in [0.4, 0.5) is 0 Å². The van der Waals surface area contributed by atoms with E-state index in [1.807, 2.05) is 54.6 Å². The van der Waals surface area contributed by atoms with Crippen molar-refractivity contribution in [3.05, 3.63) is 60.2 Å². The zero-order valence-corrected chi connectivity index (χ0v) is 13.7. The summed E-state index contributed by atoms with van der Waals surface area (Å²) in [6.07, 6.45) is 0.349. The molecule has 126 valence electrons. The summed E-state index contributed by atoms with van der Waals surface area (Å²) in [5.41, 5.74) is 8.53. The monoisotopic (exact) mass is 326 g/mol. The number of carbonyl (C=O) groups is 2. The van der Waals surface area contributed by atoms with E-state index in [9.17, 15) is 9.59 Å². The molecule has 0 heterocycles. The Bertz CT molecular complexity index is 669. The molecule has 0 aliphatic heterocycles. The molecule has 0 aliphatic rings. The molecule has 1 atom stereocenters. The first-order chi connectivity index (χ1) is 11.6. The Balaban J connectivity index is 2.02. The van der Waals surface area contributed by atoms with Crippen LogP contribution in [-0.4, -0.2) is 31.1 Å². The van der Waals surface area contributed by atoms with Crippen LogP contribution in [-0.2, 0) is 20.7 Å². The fraction of sp³-hybridized carbons (Fsp3) is 0.263. The molecule has 0 radical (unpaired) electrons. The Hall–Kier alpha value is -2.66. The van der Waals surface area contributed by atoms with Crippen LogP contribution < -0.4 is 11.1 Å². The lowest BCUT2D eigenvalue weighted by molar-refractivity contribution is -0.130. The summed E-state index contributed by atoms with van der Waals surface area (Å²) in [6, 6.07) is 17.1. The molecule has 5 heteroatoms. The molecule has 0 unspecified atom stereocenters. The van der Waals surface area contributed by atoms with E-state index in [1.165, 1.54) is 0 Å². The van der Waals surface area contributed by atoms with Gasteiger partial charge in [0.1, 0.15) is 12.6 Å². The summed E-state index contributed by atoms with van der Waals surface area (Å²) >= 11 is 0. The fourth-order valence-electron chi connectivity index (χ4n) is 2.35. The van der Waals surface area contributed by atoms with Crippen LogP contribution in [0.2, 0.25) is 0 Å². The van der Waals surface area contributed by atoms with E-state index in [4.69, 9.17) is 10.5 Å². The summed E-state index contributed by atoms with van der Waals surface area (Å²) in [6.45, 7) is 2.16. The van der Waals surface area contributed by atoms with Crippen LogP contribution >= 0.6 is 0 Å². The second-order valence-corrected chi connectivity index (χ2v) is 5.43. The molecule has 2 rings (SSSR count). The summed E-state index contributed by atoms with van der Waals surface area (Å²) in [5.74, 6) is -0.909. The third-order valence-electron chi connectivity index (χ3n) is 3.62. The molecule has 3 N–H and O–H groups in total. The second kappa shape index (κ2) is 8.84. The molecule has 24 heavy (non-hydrogen) atoms. The quantitative estimate of drug-likeness (QED) is 0.777. The number of rotatable bonds is 8. The van der Waals surface area contributed by atoms with Gasteiger partial charge in [0, 0.05) is 13.0 Å². The maximum Gasteiger partial charge on any atom is 0.246 e. The lowest BCUT2D eigenvalue weighted by atomic mass is 10.0. The largest absolute Gasteiger partial charge is 0.372 e. The molecular formula is C19H22N2O3. The van der Waals surface area contributed by atoms with Crippen LogP contribution in [0.15, 0.2) is 54.6 Å². The van der Waals surface area contributed by atoms with Crippen molar-refractivity contribution in [2.75, 3.05) is 13.2 Å². The Morgan fingerprint density at radius 3 is 2.25 bits per heavy atom. The van der Waals surface area contributed by atoms with Gasteiger partial charge in [-0.2, -0.15) is 0 Å². The van der Waals surface area contributed by atoms with Gasteiger partial charge in [-0.15, -0.1) is 0 Å². The molecule has 5 nitrogen and oxygen atoms in total. The minimum Gasteiger partial charge on any atom is -0.372 e. The first kappa shape index (κ1) is 17.7. The molecule has 0 spiro atoms. The third-order valence-corrected chi connectivity index (χ3v) is 3.62. The molecule has 2 aromatic rings. The van der Waals surface area contributed by atoms with Gasteiger partial charge in [-0.3, -0.25) is 9.59 Å². The number of hydrogen-bond acceptors (Lipinski definition) is 3. The van der Waals surface area contributed by atoms with Crippen LogP contribution in [0.25, 0.3) is 11.1 Å². The molecule has 0 bridgehead atoms. The Kier molecular flexibility index (Phi) is 6.51. The number of primary amides is 1. The molecule has 0 aromatic heterocycles. The summed E-state index contributed by atoms with van der Waals surface area (Å²) < 4.78 is 5.03. The van der Waals surface area contributed by atoms with Gasteiger partial charge in [0.05, 0.1) is 0 Å². The highest BCUT2D eigenvalue weighted by atomic mass is 16.5. The van der Waals surface area contributed by atoms with E-state index < -0.39 is 11.9 Å². The SMILES string of the molecule is CCOCC(=O)N[C@H](Cc1ccc(-c2ccccc2)cc1)C(N)=O. The van der Waals surface area contributed by atoms with Crippen molar-refractivity contribution in [1.29, 1.82) is 0 Å². The Morgan fingerprint density at radius 1 is 1.04 bits per heavy atom. The average Bonchev–Trinajstić information content (AvgIpc) is 2.60. The van der Waals surface area contributed by atoms with Gasteiger partial charge in [0.2, 0.25) is 11.8 Å². The summed E-state index contributed by atoms with van der Waals surface area (Å²) in [4.78, 5) is 23.3. The van der Waals surface area contributed by atoms with E-state index in [1.54, 1.807) is 6.92 Å². The third kappa shape index (κ3) is 5.21. The summed E-state index contributed by atoms with van der Waals surface area (Å²) in [5, 5.41) is 2.61. The van der Waals surface area contributed by atoms with E-state index >= 15 is 0 Å². The number of carbonyl (C=O) groups excluding carboxylic acids is 2. The smallest absolute Gasteiger partial charge is 0.246 e. The van der Waals surface area contributed by atoms with Crippen molar-refractivity contribution in [3.63, 3.8) is 0 Å². The lowest BCUT2D eigenvalue weighted by Crippen LogP contribution is -2.47. The van der Waals surface area contributed by atoms with Crippen molar-refractivity contribution >= 4 is 11.8 Å². The zero-order valence-electron chi connectivity index (χ0n) is 13.7. The highest BCUT2D eigenvalue weighted by Gasteiger charge is 2.18. The minimum atomic E-state index is -0.750. The van der Waals surface area contributed by atoms with Crippen LogP contribution in [0.5, 0.6) is 0 Å². The van der Waals surface area contributed by atoms with E-state index in [-0.39, 0.29) is 12.5 Å². The Labute approximate surface area is 141 Å². The van der Waals surface area contributed by atoms with Crippen LogP contribution in [0, 0.1) is 0 Å². The number of nitrogens with two attached hydrogens (primary N) is 1. The fourth-order valence-corrected chi connectivity index (χ4v) is 2.35. The van der Waals surface area contributed by atoms with Crippen LogP contribution in [0.3, 0.4) is 0 Å². The second-order valence-electron chi connectivity index (χ2n) is 5.43. The van der Waals surface area contributed by atoms with Gasteiger partial charge in [-0.05, 0) is 23.6 Å². The molecular weight excluding hydrogens is 304 g/mol. The molecule has 2 amide bonds. The maximum absolute atomic E-state index is 11.7. The minimum absolute atomic E-state index is 0.0762. The zero-order chi connectivity index (χ0) is 17.4. The van der Waals surface area contributed by atoms with E-state index in [2.05, 4.69) is 5.32 Å². The summed E-state index contributed by atoms with van der Waals surface area (Å²) in [7, 11) is 0. The number of amides is 2. The first-order valence-corrected chi connectivity index (χ1v) is 7.91. The van der Waals surface area contributed by atoms with E-state index in [0.717, 1.165) is 16.7 Å². The van der Waals surface area contributed by atoms with Gasteiger partial charge in [-0.25, -0.2) is 0 Å². The normalized spacial score (nSPS) is 11.7. The number of hydrogen-bond donors (Lipinski definition) is 2. The van der Waals surface area contributed by atoms with Gasteiger partial charge < -0.3 is 15.8 Å². The van der Waals surface area contributed by atoms with E-state index in [0.29, 0.717) is 13.0 Å². The van der Waals surface area contributed by atoms with Gasteiger partial charge >= 0.3 is 0 Å². The molecule has 0 saturated heterocycles. The highest BCUT2D eigenvalue weighted by Crippen LogP contribution is 2.19. The van der Waals surface area contributed by atoms with Gasteiger partial charge in [0.15, 0.2) is 0 Å². The maximum atomic E-state index is 11.7. The molecule has 0 saturated carbocycles. The van der Waals surface area contributed by atoms with Crippen LogP contribution in [0.1, 0.15) is 12.5 Å². The Morgan fingerprint density at radius 2 is 1.67 bits per heavy atom. The number of nitrogens with one attached hydrogen (secondary N) is 1. The first-order valence-electron chi connectivity index (χ1n) is 7.91. The lowest BCUT2D eigenvalue weighted by Gasteiger charge is -2.16. The highest BCUT2D eigenvalue weighted by molar-refractivity contribution is 5.87. The van der Waals surface area contributed by atoms with Gasteiger partial charge in [0.25, 0.3) is 0 Å². The van der Waals surface area contributed by atoms with Crippen molar-refractivity contribution < 1.29 is 14.3 Å².